The van der Waals surface area contributed by atoms with Crippen LogP contribution in [0.5, 0.6) is 0 Å². The number of aryl methyl sites for hydroxylation is 1. The van der Waals surface area contributed by atoms with Crippen LogP contribution in [0.15, 0.2) is 66.8 Å². The molecule has 1 amide bonds. The molecule has 0 unspecified atom stereocenters. The van der Waals surface area contributed by atoms with Gasteiger partial charge in [-0.15, -0.1) is 0 Å². The number of rotatable bonds is 6. The third-order valence-corrected chi connectivity index (χ3v) is 4.27. The largest absolute Gasteiger partial charge is 0.351 e. The number of carbonyl (C=O) groups excluding carboxylic acids is 1. The summed E-state index contributed by atoms with van der Waals surface area (Å²) >= 11 is 0. The molecule has 1 N–H and O–H groups in total. The third kappa shape index (κ3) is 5.04. The van der Waals surface area contributed by atoms with E-state index in [9.17, 15) is 4.79 Å². The highest BCUT2D eigenvalue weighted by Crippen LogP contribution is 2.15. The predicted octanol–water partition coefficient (Wildman–Crippen LogP) is 3.15. The first-order valence-corrected chi connectivity index (χ1v) is 8.98. The van der Waals surface area contributed by atoms with E-state index in [0.717, 1.165) is 27.4 Å². The molecule has 2 aromatic heterocycles. The van der Waals surface area contributed by atoms with Crippen molar-refractivity contribution in [3.63, 3.8) is 0 Å². The molecule has 0 fully saturated rings. The normalized spacial score (nSPS) is 12.6. The van der Waals surface area contributed by atoms with Gasteiger partial charge in [-0.05, 0) is 67.3 Å². The maximum Gasteiger partial charge on any atom is 0.256 e. The minimum atomic E-state index is -0.229. The Labute approximate surface area is 166 Å². The van der Waals surface area contributed by atoms with Crippen molar-refractivity contribution in [3.05, 3.63) is 88.5 Å². The van der Waals surface area contributed by atoms with E-state index in [4.69, 9.17) is 0 Å². The Morgan fingerprint density at radius 3 is 2.57 bits per heavy atom. The van der Waals surface area contributed by atoms with Gasteiger partial charge in [-0.2, -0.15) is 0 Å². The minimum absolute atomic E-state index is 0.229. The molecule has 28 heavy (non-hydrogen) atoms. The number of hydrogen-bond acceptors (Lipinski definition) is 4. The first-order valence-electron chi connectivity index (χ1n) is 8.98. The highest BCUT2D eigenvalue weighted by atomic mass is 16.1. The fraction of sp³-hybridized carbons (Fsp3) is 0.174. The number of nitrogens with one attached hydrogen (secondary N) is 1. The third-order valence-electron chi connectivity index (χ3n) is 4.27. The van der Waals surface area contributed by atoms with Crippen LogP contribution in [0.3, 0.4) is 0 Å². The molecule has 0 spiro atoms. The second kappa shape index (κ2) is 9.46. The number of nitrogens with zero attached hydrogens (tertiary/aromatic N) is 3. The van der Waals surface area contributed by atoms with E-state index in [1.54, 1.807) is 30.7 Å². The maximum absolute atomic E-state index is 12.5. The topological polar surface area (TPSA) is 58.1 Å². The number of allylic oxidation sites excluding steroid dienone is 3. The van der Waals surface area contributed by atoms with Gasteiger partial charge in [0, 0.05) is 36.4 Å². The lowest BCUT2D eigenvalue weighted by Gasteiger charge is -2.18. The summed E-state index contributed by atoms with van der Waals surface area (Å²) in [4.78, 5) is 22.8. The molecule has 0 aliphatic rings. The number of pyridine rings is 2. The molecule has 5 nitrogen and oxygen atoms in total. The van der Waals surface area contributed by atoms with Crippen LogP contribution in [0.4, 0.5) is 5.82 Å². The molecule has 0 saturated carbocycles. The minimum Gasteiger partial charge on any atom is -0.351 e. The van der Waals surface area contributed by atoms with Gasteiger partial charge in [0.1, 0.15) is 5.82 Å². The van der Waals surface area contributed by atoms with E-state index in [1.165, 1.54) is 0 Å². The molecule has 5 heteroatoms. The van der Waals surface area contributed by atoms with Gasteiger partial charge in [-0.25, -0.2) is 4.98 Å². The van der Waals surface area contributed by atoms with E-state index in [1.807, 2.05) is 57.0 Å². The molecular formula is C23H26N4O. The van der Waals surface area contributed by atoms with Gasteiger partial charge in [0.05, 0.1) is 0 Å². The number of aromatic nitrogens is 2. The maximum atomic E-state index is 12.5. The Morgan fingerprint density at radius 1 is 1.21 bits per heavy atom. The smallest absolute Gasteiger partial charge is 0.256 e. The number of hydrogen-bond donors (Lipinski definition) is 1. The van der Waals surface area contributed by atoms with Gasteiger partial charge in [0.15, 0.2) is 0 Å². The van der Waals surface area contributed by atoms with Crippen molar-refractivity contribution in [2.75, 3.05) is 12.4 Å². The molecule has 0 aromatic carbocycles. The summed E-state index contributed by atoms with van der Waals surface area (Å²) in [6, 6.07) is 5.23. The van der Waals surface area contributed by atoms with Crippen LogP contribution in [0.1, 0.15) is 29.9 Å². The Kier molecular flexibility index (Phi) is 7.04. The van der Waals surface area contributed by atoms with Crippen LogP contribution in [-0.2, 0) is 0 Å². The van der Waals surface area contributed by atoms with E-state index in [0.29, 0.717) is 11.4 Å². The Hall–Kier alpha value is -3.47. The molecule has 0 bridgehead atoms. The van der Waals surface area contributed by atoms with Crippen molar-refractivity contribution in [1.82, 2.24) is 14.9 Å². The first kappa shape index (κ1) is 20.8. The summed E-state index contributed by atoms with van der Waals surface area (Å²) in [7, 11) is 1.94. The molecule has 2 heterocycles. The van der Waals surface area contributed by atoms with Crippen molar-refractivity contribution in [2.45, 2.75) is 20.8 Å². The van der Waals surface area contributed by atoms with Gasteiger partial charge in [0.2, 0.25) is 0 Å². The molecule has 2 rings (SSSR count). The second-order valence-corrected chi connectivity index (χ2v) is 6.26. The van der Waals surface area contributed by atoms with Crippen LogP contribution in [-0.4, -0.2) is 27.8 Å². The summed E-state index contributed by atoms with van der Waals surface area (Å²) < 4.78 is 0. The second-order valence-electron chi connectivity index (χ2n) is 6.26. The zero-order chi connectivity index (χ0) is 20.7. The quantitative estimate of drug-likeness (QED) is 0.789. The first-order chi connectivity index (χ1) is 13.4. The molecule has 0 aliphatic carbocycles. The highest BCUT2D eigenvalue weighted by molar-refractivity contribution is 6.03. The molecular weight excluding hydrogens is 348 g/mol. The lowest BCUT2D eigenvalue weighted by molar-refractivity contribution is 0.102. The number of likely N-dealkylation sites (N-methyl/N-ethyl adjacent to an activating group) is 1. The molecule has 0 atom stereocenters. The summed E-state index contributed by atoms with van der Waals surface area (Å²) in [6.07, 6.45) is 11.1. The molecule has 0 radical (unpaired) electrons. The summed E-state index contributed by atoms with van der Waals surface area (Å²) in [5, 5.41) is 4.48. The van der Waals surface area contributed by atoms with Crippen molar-refractivity contribution >= 4 is 24.4 Å². The zero-order valence-electron chi connectivity index (χ0n) is 16.9. The summed E-state index contributed by atoms with van der Waals surface area (Å²) in [5.41, 5.74) is 3.36. The number of anilines is 1. The highest BCUT2D eigenvalue weighted by Gasteiger charge is 2.08. The fourth-order valence-corrected chi connectivity index (χ4v) is 2.72. The standard InChI is InChI=1S/C23H26N4O/c1-7-18(21(8-2)27(6)9-3)13-20-14-22(25-15-16(20)4)26-23(28)19-10-11-24-17(5)12-19/h7-15H,3-4H2,1-2,5-6H3,(H,26,28)/b18-7+,20-13-,21-8-. The van der Waals surface area contributed by atoms with Gasteiger partial charge in [0.25, 0.3) is 5.91 Å². The lowest BCUT2D eigenvalue weighted by atomic mass is 10.1. The average molecular weight is 374 g/mol. The van der Waals surface area contributed by atoms with Gasteiger partial charge < -0.3 is 10.2 Å². The Morgan fingerprint density at radius 2 is 1.96 bits per heavy atom. The molecule has 144 valence electrons. The monoisotopic (exact) mass is 374 g/mol. The number of amides is 1. The molecule has 0 saturated heterocycles. The Bertz CT molecular complexity index is 1050. The molecule has 2 aromatic rings. The summed E-state index contributed by atoms with van der Waals surface area (Å²) in [5.74, 6) is 0.236. The van der Waals surface area contributed by atoms with Crippen LogP contribution in [0.2, 0.25) is 0 Å². The van der Waals surface area contributed by atoms with E-state index < -0.39 is 0 Å². The van der Waals surface area contributed by atoms with Crippen molar-refractivity contribution < 1.29 is 4.79 Å². The average Bonchev–Trinajstić information content (AvgIpc) is 2.69. The molecule has 0 aliphatic heterocycles. The Balaban J connectivity index is 2.39. The van der Waals surface area contributed by atoms with Crippen LogP contribution < -0.4 is 15.8 Å². The van der Waals surface area contributed by atoms with E-state index in [2.05, 4.69) is 28.4 Å². The van der Waals surface area contributed by atoms with E-state index >= 15 is 0 Å². The van der Waals surface area contributed by atoms with Gasteiger partial charge >= 0.3 is 0 Å². The van der Waals surface area contributed by atoms with E-state index in [-0.39, 0.29) is 5.91 Å². The van der Waals surface area contributed by atoms with Crippen molar-refractivity contribution in [2.24, 2.45) is 0 Å². The lowest BCUT2D eigenvalue weighted by Crippen LogP contribution is -2.26. The van der Waals surface area contributed by atoms with Crippen LogP contribution >= 0.6 is 0 Å². The van der Waals surface area contributed by atoms with Crippen molar-refractivity contribution in [3.8, 4) is 0 Å². The van der Waals surface area contributed by atoms with Gasteiger partial charge in [-0.3, -0.25) is 9.78 Å². The van der Waals surface area contributed by atoms with Crippen molar-refractivity contribution in [1.29, 1.82) is 0 Å². The number of carbonyl (C=O) groups is 1. The summed E-state index contributed by atoms with van der Waals surface area (Å²) in [6.45, 7) is 13.7. The van der Waals surface area contributed by atoms with Crippen LogP contribution in [0, 0.1) is 6.92 Å². The SMILES string of the molecule is C=CN(C)C(=C\C)/C(/C=c1/cc(NC(=O)c2ccnc(C)c2)ncc1=C)=C/C. The predicted molar refractivity (Wildman–Crippen MR) is 116 cm³/mol. The van der Waals surface area contributed by atoms with Crippen LogP contribution in [0.25, 0.3) is 12.7 Å². The van der Waals surface area contributed by atoms with Gasteiger partial charge in [-0.1, -0.05) is 25.3 Å². The zero-order valence-corrected chi connectivity index (χ0v) is 16.9. The fourth-order valence-electron chi connectivity index (χ4n) is 2.72.